The highest BCUT2D eigenvalue weighted by molar-refractivity contribution is 5.96. The Balaban J connectivity index is 1.36. The summed E-state index contributed by atoms with van der Waals surface area (Å²) in [7, 11) is 0. The summed E-state index contributed by atoms with van der Waals surface area (Å²) in [5, 5.41) is 6.67. The maximum absolute atomic E-state index is 12.4. The lowest BCUT2D eigenvalue weighted by molar-refractivity contribution is -0.124. The number of aromatic nitrogens is 1. The van der Waals surface area contributed by atoms with Gasteiger partial charge in [0.25, 0.3) is 0 Å². The minimum atomic E-state index is -0.193. The number of furan rings is 1. The zero-order valence-corrected chi connectivity index (χ0v) is 19.6. The molecule has 3 heterocycles. The van der Waals surface area contributed by atoms with Crippen LogP contribution in [0, 0.1) is 18.8 Å². The molecule has 0 unspecified atom stereocenters. The Kier molecular flexibility index (Phi) is 6.96. The van der Waals surface area contributed by atoms with E-state index in [1.54, 1.807) is 18.4 Å². The number of nitrogens with one attached hydrogen (secondary N) is 2. The molecule has 0 spiro atoms. The van der Waals surface area contributed by atoms with Gasteiger partial charge in [-0.15, -0.1) is 0 Å². The molecule has 2 amide bonds. The maximum atomic E-state index is 12.4. The fraction of sp³-hybridized carbons (Fsp3) is 0.423. The van der Waals surface area contributed by atoms with Crippen LogP contribution in [0.5, 0.6) is 0 Å². The van der Waals surface area contributed by atoms with E-state index < -0.39 is 0 Å². The first-order valence-electron chi connectivity index (χ1n) is 11.6. The van der Waals surface area contributed by atoms with Crippen molar-refractivity contribution in [2.75, 3.05) is 23.3 Å². The first-order chi connectivity index (χ1) is 15.9. The summed E-state index contributed by atoms with van der Waals surface area (Å²) in [4.78, 5) is 31.6. The summed E-state index contributed by atoms with van der Waals surface area (Å²) in [5.41, 5.74) is 2.77. The number of fused-ring (bicyclic) bond motifs is 1. The van der Waals surface area contributed by atoms with Crippen LogP contribution in [-0.2, 0) is 16.1 Å². The van der Waals surface area contributed by atoms with Crippen molar-refractivity contribution in [3.05, 3.63) is 54.0 Å². The van der Waals surface area contributed by atoms with E-state index in [2.05, 4.69) is 42.4 Å². The minimum Gasteiger partial charge on any atom is -0.467 e. The Labute approximate surface area is 194 Å². The Morgan fingerprint density at radius 2 is 1.85 bits per heavy atom. The van der Waals surface area contributed by atoms with Crippen LogP contribution in [-0.4, -0.2) is 29.9 Å². The number of nitrogens with zero attached hydrogens (tertiary/aromatic N) is 2. The van der Waals surface area contributed by atoms with Crippen molar-refractivity contribution in [2.45, 2.75) is 46.6 Å². The molecule has 2 aromatic heterocycles. The van der Waals surface area contributed by atoms with Gasteiger partial charge in [-0.1, -0.05) is 13.8 Å². The van der Waals surface area contributed by atoms with Crippen LogP contribution >= 0.6 is 0 Å². The number of pyridine rings is 1. The van der Waals surface area contributed by atoms with Crippen LogP contribution in [0.15, 0.2) is 47.1 Å². The second-order valence-corrected chi connectivity index (χ2v) is 9.28. The van der Waals surface area contributed by atoms with Crippen LogP contribution in [0.2, 0.25) is 0 Å². The molecule has 4 rings (SSSR count). The van der Waals surface area contributed by atoms with E-state index in [0.717, 1.165) is 35.4 Å². The largest absolute Gasteiger partial charge is 0.467 e. The van der Waals surface area contributed by atoms with E-state index in [-0.39, 0.29) is 24.7 Å². The molecule has 7 heteroatoms. The standard InChI is InChI=1S/C26H32N4O3/c1-17-11-18(2)16-30(15-17)24-12-19(3)22-13-20(6-7-23(22)29-24)28-26(32)9-8-25(31)27-14-21-5-4-10-33-21/h4-7,10,12-13,17-18H,8-9,11,14-16H2,1-3H3,(H,27,31)(H,28,32)/t17-,18-/m1/s1. The molecule has 1 aliphatic rings. The molecule has 2 N–H and O–H groups in total. The first kappa shape index (κ1) is 22.8. The number of carbonyl (C=O) groups excluding carboxylic acids is 2. The smallest absolute Gasteiger partial charge is 0.224 e. The van der Waals surface area contributed by atoms with E-state index in [4.69, 9.17) is 9.40 Å². The molecule has 33 heavy (non-hydrogen) atoms. The van der Waals surface area contributed by atoms with Crippen molar-refractivity contribution in [3.8, 4) is 0 Å². The normalized spacial score (nSPS) is 18.3. The molecule has 7 nitrogen and oxygen atoms in total. The number of rotatable bonds is 7. The Hall–Kier alpha value is -3.35. The van der Waals surface area contributed by atoms with Gasteiger partial charge in [0, 0.05) is 37.0 Å². The average Bonchev–Trinajstić information content (AvgIpc) is 3.29. The number of hydrogen-bond donors (Lipinski definition) is 2. The van der Waals surface area contributed by atoms with Gasteiger partial charge in [-0.05, 0) is 67.1 Å². The quantitative estimate of drug-likeness (QED) is 0.549. The molecule has 1 fully saturated rings. The third-order valence-electron chi connectivity index (χ3n) is 6.10. The number of hydrogen-bond acceptors (Lipinski definition) is 5. The van der Waals surface area contributed by atoms with E-state index >= 15 is 0 Å². The van der Waals surface area contributed by atoms with Crippen LogP contribution in [0.3, 0.4) is 0 Å². The summed E-state index contributed by atoms with van der Waals surface area (Å²) >= 11 is 0. The molecule has 0 aliphatic carbocycles. The number of piperidine rings is 1. The Bertz CT molecular complexity index is 1120. The zero-order valence-electron chi connectivity index (χ0n) is 19.6. The highest BCUT2D eigenvalue weighted by Crippen LogP contribution is 2.29. The predicted octanol–water partition coefficient (Wildman–Crippen LogP) is 4.65. The van der Waals surface area contributed by atoms with Crippen molar-refractivity contribution in [1.82, 2.24) is 10.3 Å². The lowest BCUT2D eigenvalue weighted by atomic mass is 9.92. The highest BCUT2D eigenvalue weighted by Gasteiger charge is 2.23. The molecule has 1 aromatic carbocycles. The Morgan fingerprint density at radius 1 is 1.09 bits per heavy atom. The van der Waals surface area contributed by atoms with Gasteiger partial charge in [-0.2, -0.15) is 0 Å². The molecule has 174 valence electrons. The summed E-state index contributed by atoms with van der Waals surface area (Å²) in [6.07, 6.45) is 3.06. The SMILES string of the molecule is Cc1cc(N2C[C@H](C)C[C@@H](C)C2)nc2ccc(NC(=O)CCC(=O)NCc3ccco3)cc12. The third kappa shape index (κ3) is 5.92. The van der Waals surface area contributed by atoms with Crippen molar-refractivity contribution >= 4 is 34.2 Å². The molecule has 2 atom stereocenters. The summed E-state index contributed by atoms with van der Waals surface area (Å²) in [6.45, 7) is 9.07. The molecule has 1 saturated heterocycles. The van der Waals surface area contributed by atoms with Gasteiger partial charge in [0.2, 0.25) is 11.8 Å². The van der Waals surface area contributed by atoms with E-state index in [0.29, 0.717) is 29.8 Å². The summed E-state index contributed by atoms with van der Waals surface area (Å²) in [6, 6.07) is 11.5. The van der Waals surface area contributed by atoms with E-state index in [9.17, 15) is 9.59 Å². The van der Waals surface area contributed by atoms with Crippen molar-refractivity contribution < 1.29 is 14.0 Å². The summed E-state index contributed by atoms with van der Waals surface area (Å²) in [5.74, 6) is 2.65. The van der Waals surface area contributed by atoms with E-state index in [1.165, 1.54) is 6.42 Å². The number of carbonyl (C=O) groups is 2. The highest BCUT2D eigenvalue weighted by atomic mass is 16.3. The number of amides is 2. The molecule has 0 radical (unpaired) electrons. The first-order valence-corrected chi connectivity index (χ1v) is 11.6. The molecular weight excluding hydrogens is 416 g/mol. The van der Waals surface area contributed by atoms with Crippen LogP contribution in [0.4, 0.5) is 11.5 Å². The maximum Gasteiger partial charge on any atom is 0.224 e. The van der Waals surface area contributed by atoms with Crippen molar-refractivity contribution in [2.24, 2.45) is 11.8 Å². The summed E-state index contributed by atoms with van der Waals surface area (Å²) < 4.78 is 5.18. The second kappa shape index (κ2) is 10.1. The average molecular weight is 449 g/mol. The van der Waals surface area contributed by atoms with Crippen LogP contribution in [0.25, 0.3) is 10.9 Å². The lowest BCUT2D eigenvalue weighted by Crippen LogP contribution is -2.39. The molecule has 0 bridgehead atoms. The molecule has 3 aromatic rings. The zero-order chi connectivity index (χ0) is 23.4. The van der Waals surface area contributed by atoms with Crippen LogP contribution < -0.4 is 15.5 Å². The minimum absolute atomic E-state index is 0.115. The molecular formula is C26H32N4O3. The fourth-order valence-electron chi connectivity index (χ4n) is 4.60. The predicted molar refractivity (Wildman–Crippen MR) is 130 cm³/mol. The monoisotopic (exact) mass is 448 g/mol. The van der Waals surface area contributed by atoms with Gasteiger partial charge in [-0.25, -0.2) is 4.98 Å². The number of benzene rings is 1. The lowest BCUT2D eigenvalue weighted by Gasteiger charge is -2.36. The Morgan fingerprint density at radius 3 is 2.58 bits per heavy atom. The topological polar surface area (TPSA) is 87.5 Å². The number of anilines is 2. The third-order valence-corrected chi connectivity index (χ3v) is 6.10. The van der Waals surface area contributed by atoms with Crippen molar-refractivity contribution in [3.63, 3.8) is 0 Å². The van der Waals surface area contributed by atoms with Gasteiger partial charge in [-0.3, -0.25) is 9.59 Å². The van der Waals surface area contributed by atoms with Crippen molar-refractivity contribution in [1.29, 1.82) is 0 Å². The van der Waals surface area contributed by atoms with Gasteiger partial charge < -0.3 is 20.0 Å². The van der Waals surface area contributed by atoms with E-state index in [1.807, 2.05) is 18.2 Å². The molecule has 1 aliphatic heterocycles. The second-order valence-electron chi connectivity index (χ2n) is 9.28. The van der Waals surface area contributed by atoms with Gasteiger partial charge in [0.05, 0.1) is 18.3 Å². The van der Waals surface area contributed by atoms with Crippen LogP contribution in [0.1, 0.15) is 44.4 Å². The fourth-order valence-corrected chi connectivity index (χ4v) is 4.60. The van der Waals surface area contributed by atoms with Gasteiger partial charge >= 0.3 is 0 Å². The van der Waals surface area contributed by atoms with Gasteiger partial charge in [0.15, 0.2) is 0 Å². The molecule has 0 saturated carbocycles. The van der Waals surface area contributed by atoms with Gasteiger partial charge in [0.1, 0.15) is 11.6 Å². The number of aryl methyl sites for hydroxylation is 1.